The van der Waals surface area contributed by atoms with Crippen molar-refractivity contribution in [3.05, 3.63) is 51.4 Å². The van der Waals surface area contributed by atoms with Crippen molar-refractivity contribution in [3.8, 4) is 11.5 Å². The van der Waals surface area contributed by atoms with Crippen molar-refractivity contribution in [2.24, 2.45) is 0 Å². The predicted molar refractivity (Wildman–Crippen MR) is 75.5 cm³/mol. The van der Waals surface area contributed by atoms with Gasteiger partial charge in [0, 0.05) is 12.1 Å². The number of para-hydroxylation sites is 1. The minimum atomic E-state index is -0.521. The molecule has 0 aliphatic rings. The second-order valence-corrected chi connectivity index (χ2v) is 4.79. The molecule has 1 heterocycles. The molecule has 96 valence electrons. The summed E-state index contributed by atoms with van der Waals surface area (Å²) in [6.45, 7) is 0. The number of halogens is 1. The lowest BCUT2D eigenvalue weighted by Gasteiger charge is -2.09. The lowest BCUT2D eigenvalue weighted by atomic mass is 10.2. The zero-order valence-corrected chi connectivity index (χ0v) is 11.2. The van der Waals surface area contributed by atoms with Crippen LogP contribution < -0.4 is 16.2 Å². The molecule has 0 radical (unpaired) electrons. The molecule has 6 heteroatoms. The first kappa shape index (κ1) is 11.9. The van der Waals surface area contributed by atoms with E-state index in [-0.39, 0.29) is 0 Å². The first-order valence-corrected chi connectivity index (χ1v) is 6.27. The standard InChI is InChI=1S/C13H9BrN2O3/c14-7-3-1-2-4-10(7)18-11-6-9-12(5-8(11)15)19-13(17)16-9/h1-6H,15H2,(H,16,17). The van der Waals surface area contributed by atoms with Crippen LogP contribution >= 0.6 is 15.9 Å². The number of oxazole rings is 1. The Morgan fingerprint density at radius 2 is 2.00 bits per heavy atom. The molecule has 0 saturated carbocycles. The fourth-order valence-electron chi connectivity index (χ4n) is 1.73. The number of rotatable bonds is 2. The number of ether oxygens (including phenoxy) is 1. The van der Waals surface area contributed by atoms with E-state index < -0.39 is 5.76 Å². The van der Waals surface area contributed by atoms with E-state index in [1.807, 2.05) is 24.3 Å². The van der Waals surface area contributed by atoms with Crippen LogP contribution in [0.2, 0.25) is 0 Å². The molecular formula is C13H9BrN2O3. The van der Waals surface area contributed by atoms with Crippen molar-refractivity contribution in [3.63, 3.8) is 0 Å². The van der Waals surface area contributed by atoms with Crippen molar-refractivity contribution in [2.45, 2.75) is 0 Å². The van der Waals surface area contributed by atoms with Crippen LogP contribution in [-0.4, -0.2) is 4.98 Å². The molecule has 0 amide bonds. The summed E-state index contributed by atoms with van der Waals surface area (Å²) in [5.74, 6) is 0.572. The zero-order valence-electron chi connectivity index (χ0n) is 9.64. The molecule has 2 aromatic carbocycles. The van der Waals surface area contributed by atoms with Gasteiger partial charge in [0.25, 0.3) is 0 Å². The third-order valence-electron chi connectivity index (χ3n) is 2.61. The Bertz CT molecular complexity index is 807. The van der Waals surface area contributed by atoms with Gasteiger partial charge in [-0.1, -0.05) is 12.1 Å². The van der Waals surface area contributed by atoms with Crippen molar-refractivity contribution < 1.29 is 9.15 Å². The second kappa shape index (κ2) is 4.47. The van der Waals surface area contributed by atoms with Crippen LogP contribution in [0.5, 0.6) is 11.5 Å². The van der Waals surface area contributed by atoms with Crippen LogP contribution in [0.15, 0.2) is 50.1 Å². The summed E-state index contributed by atoms with van der Waals surface area (Å²) in [7, 11) is 0. The Balaban J connectivity index is 2.07. The van der Waals surface area contributed by atoms with Gasteiger partial charge in [0.2, 0.25) is 0 Å². The number of hydrogen-bond donors (Lipinski definition) is 2. The lowest BCUT2D eigenvalue weighted by Crippen LogP contribution is -1.93. The molecule has 0 aliphatic heterocycles. The molecule has 0 spiro atoms. The minimum Gasteiger partial charge on any atom is -0.454 e. The zero-order chi connectivity index (χ0) is 13.4. The summed E-state index contributed by atoms with van der Waals surface area (Å²) in [5.41, 5.74) is 7.22. The molecule has 0 bridgehead atoms. The highest BCUT2D eigenvalue weighted by atomic mass is 79.9. The van der Waals surface area contributed by atoms with Gasteiger partial charge in [-0.2, -0.15) is 0 Å². The number of nitrogens with one attached hydrogen (secondary N) is 1. The molecule has 19 heavy (non-hydrogen) atoms. The van der Waals surface area contributed by atoms with Crippen molar-refractivity contribution >= 4 is 32.7 Å². The van der Waals surface area contributed by atoms with Crippen LogP contribution in [0.3, 0.4) is 0 Å². The Labute approximate surface area is 116 Å². The van der Waals surface area contributed by atoms with Gasteiger partial charge in [-0.25, -0.2) is 4.79 Å². The van der Waals surface area contributed by atoms with Crippen LogP contribution in [0.1, 0.15) is 0 Å². The van der Waals surface area contributed by atoms with Crippen LogP contribution in [0.25, 0.3) is 11.1 Å². The molecule has 5 nitrogen and oxygen atoms in total. The van der Waals surface area contributed by atoms with Gasteiger partial charge < -0.3 is 14.9 Å². The molecule has 3 rings (SSSR count). The van der Waals surface area contributed by atoms with E-state index in [0.29, 0.717) is 28.3 Å². The van der Waals surface area contributed by atoms with Crippen LogP contribution in [0.4, 0.5) is 5.69 Å². The molecule has 0 atom stereocenters. The number of fused-ring (bicyclic) bond motifs is 1. The summed E-state index contributed by atoms with van der Waals surface area (Å²) < 4.78 is 11.5. The first-order valence-electron chi connectivity index (χ1n) is 5.48. The average Bonchev–Trinajstić information content (AvgIpc) is 2.71. The van der Waals surface area contributed by atoms with Gasteiger partial charge in [0.15, 0.2) is 11.3 Å². The van der Waals surface area contributed by atoms with E-state index in [9.17, 15) is 4.79 Å². The van der Waals surface area contributed by atoms with Gasteiger partial charge in [-0.3, -0.25) is 4.98 Å². The van der Waals surface area contributed by atoms with Crippen molar-refractivity contribution in [2.75, 3.05) is 5.73 Å². The van der Waals surface area contributed by atoms with Crippen LogP contribution in [0, 0.1) is 0 Å². The molecule has 0 saturated heterocycles. The van der Waals surface area contributed by atoms with E-state index in [4.69, 9.17) is 14.9 Å². The summed E-state index contributed by atoms with van der Waals surface area (Å²) in [6, 6.07) is 10.6. The predicted octanol–water partition coefficient (Wildman–Crippen LogP) is 3.26. The Morgan fingerprint density at radius 1 is 1.21 bits per heavy atom. The van der Waals surface area contributed by atoms with Gasteiger partial charge in [0.1, 0.15) is 5.75 Å². The SMILES string of the molecule is Nc1cc2oc(=O)[nH]c2cc1Oc1ccccc1Br. The van der Waals surface area contributed by atoms with E-state index in [1.54, 1.807) is 12.1 Å². The number of nitrogens with two attached hydrogens (primary N) is 1. The molecule has 0 fully saturated rings. The largest absolute Gasteiger partial charge is 0.454 e. The Morgan fingerprint density at radius 3 is 2.79 bits per heavy atom. The molecule has 3 aromatic rings. The number of anilines is 1. The Kier molecular flexibility index (Phi) is 2.79. The van der Waals surface area contributed by atoms with Gasteiger partial charge in [0.05, 0.1) is 15.7 Å². The molecular weight excluding hydrogens is 312 g/mol. The average molecular weight is 321 g/mol. The third kappa shape index (κ3) is 2.22. The van der Waals surface area contributed by atoms with E-state index in [0.717, 1.165) is 4.47 Å². The van der Waals surface area contributed by atoms with Crippen molar-refractivity contribution in [1.29, 1.82) is 0 Å². The summed E-state index contributed by atoms with van der Waals surface area (Å²) in [5, 5.41) is 0. The molecule has 1 aromatic heterocycles. The van der Waals surface area contributed by atoms with E-state index in [2.05, 4.69) is 20.9 Å². The van der Waals surface area contributed by atoms with Gasteiger partial charge in [-0.05, 0) is 28.1 Å². The lowest BCUT2D eigenvalue weighted by molar-refractivity contribution is 0.482. The van der Waals surface area contributed by atoms with Gasteiger partial charge in [-0.15, -0.1) is 0 Å². The fraction of sp³-hybridized carbons (Fsp3) is 0. The van der Waals surface area contributed by atoms with E-state index >= 15 is 0 Å². The van der Waals surface area contributed by atoms with Gasteiger partial charge >= 0.3 is 5.76 Å². The maximum atomic E-state index is 11.1. The summed E-state index contributed by atoms with van der Waals surface area (Å²) in [6.07, 6.45) is 0. The molecule has 0 unspecified atom stereocenters. The highest BCUT2D eigenvalue weighted by Gasteiger charge is 2.10. The number of nitrogen functional groups attached to an aromatic ring is 1. The number of benzene rings is 2. The topological polar surface area (TPSA) is 81.2 Å². The maximum Gasteiger partial charge on any atom is 0.417 e. The smallest absolute Gasteiger partial charge is 0.417 e. The minimum absolute atomic E-state index is 0.394. The third-order valence-corrected chi connectivity index (χ3v) is 3.26. The molecule has 0 aliphatic carbocycles. The number of hydrogen-bond acceptors (Lipinski definition) is 4. The highest BCUT2D eigenvalue weighted by molar-refractivity contribution is 9.10. The maximum absolute atomic E-state index is 11.1. The molecule has 3 N–H and O–H groups in total. The highest BCUT2D eigenvalue weighted by Crippen LogP contribution is 2.34. The van der Waals surface area contributed by atoms with Crippen molar-refractivity contribution in [1.82, 2.24) is 4.98 Å². The normalized spacial score (nSPS) is 10.8. The number of aromatic amines is 1. The fourth-order valence-corrected chi connectivity index (χ4v) is 2.09. The summed E-state index contributed by atoms with van der Waals surface area (Å²) >= 11 is 3.39. The monoisotopic (exact) mass is 320 g/mol. The Hall–Kier alpha value is -2.21. The van der Waals surface area contributed by atoms with E-state index in [1.165, 1.54) is 0 Å². The first-order chi connectivity index (χ1) is 9.13. The van der Waals surface area contributed by atoms with Crippen LogP contribution in [-0.2, 0) is 0 Å². The summed E-state index contributed by atoms with van der Waals surface area (Å²) in [4.78, 5) is 13.7. The number of aromatic nitrogens is 1. The number of H-pyrrole nitrogens is 1. The quantitative estimate of drug-likeness (QED) is 0.710. The second-order valence-electron chi connectivity index (χ2n) is 3.93.